The van der Waals surface area contributed by atoms with Gasteiger partial charge in [-0.05, 0) is 17.7 Å². The van der Waals surface area contributed by atoms with Gasteiger partial charge in [-0.1, -0.05) is 19.1 Å². The van der Waals surface area contributed by atoms with E-state index in [-0.39, 0.29) is 17.2 Å². The normalized spacial score (nSPS) is 22.0. The molecule has 1 N–H and O–H groups in total. The van der Waals surface area contributed by atoms with Crippen LogP contribution in [0.2, 0.25) is 0 Å². The number of hydrogen-bond acceptors (Lipinski definition) is 5. The predicted octanol–water partition coefficient (Wildman–Crippen LogP) is 2.35. The van der Waals surface area contributed by atoms with Crippen molar-refractivity contribution < 1.29 is 14.7 Å². The largest absolute Gasteiger partial charge is 0.480 e. The maximum Gasteiger partial charge on any atom is 0.327 e. The molecule has 2 rings (SSSR count). The summed E-state index contributed by atoms with van der Waals surface area (Å²) < 4.78 is 0. The van der Waals surface area contributed by atoms with Crippen LogP contribution in [0.5, 0.6) is 0 Å². The highest BCUT2D eigenvalue weighted by Crippen LogP contribution is 2.42. The van der Waals surface area contributed by atoms with Crippen LogP contribution in [0, 0.1) is 5.92 Å². The number of carbonyl (C=O) groups is 2. The van der Waals surface area contributed by atoms with Crippen LogP contribution in [0.15, 0.2) is 24.3 Å². The zero-order valence-electron chi connectivity index (χ0n) is 13.5. The highest BCUT2D eigenvalue weighted by molar-refractivity contribution is 7.99. The van der Waals surface area contributed by atoms with Gasteiger partial charge in [-0.25, -0.2) is 4.79 Å². The SMILES string of the molecule is C[C@H](CS)C(=O)N1C(c2ccc(N(C)C)cc2)SC[C@H]1C(=O)O. The van der Waals surface area contributed by atoms with Crippen LogP contribution in [-0.2, 0) is 9.59 Å². The van der Waals surface area contributed by atoms with E-state index in [9.17, 15) is 14.7 Å². The van der Waals surface area contributed by atoms with Crippen molar-refractivity contribution in [1.82, 2.24) is 4.90 Å². The molecule has 7 heteroatoms. The van der Waals surface area contributed by atoms with Gasteiger partial charge in [-0.15, -0.1) is 11.8 Å². The number of carboxylic acids is 1. The Bertz CT molecular complexity index is 577. The summed E-state index contributed by atoms with van der Waals surface area (Å²) in [5.41, 5.74) is 2.01. The van der Waals surface area contributed by atoms with E-state index >= 15 is 0 Å². The lowest BCUT2D eigenvalue weighted by molar-refractivity contribution is -0.150. The fourth-order valence-corrected chi connectivity index (χ4v) is 4.08. The van der Waals surface area contributed by atoms with Gasteiger partial charge in [0.15, 0.2) is 0 Å². The second kappa shape index (κ2) is 7.49. The highest BCUT2D eigenvalue weighted by Gasteiger charge is 2.43. The zero-order chi connectivity index (χ0) is 17.1. The number of hydrogen-bond donors (Lipinski definition) is 2. The average molecular weight is 354 g/mol. The summed E-state index contributed by atoms with van der Waals surface area (Å²) in [6, 6.07) is 7.10. The molecule has 0 radical (unpaired) electrons. The molecule has 1 aromatic rings. The first-order valence-corrected chi connectivity index (χ1v) is 9.09. The quantitative estimate of drug-likeness (QED) is 0.795. The standard InChI is InChI=1S/C16H22N2O3S2/c1-10(8-22)14(19)18-13(16(20)21)9-23-15(18)11-4-6-12(7-5-11)17(2)3/h4-7,10,13,15,22H,8-9H2,1-3H3,(H,20,21)/t10-,13+,15?/m1/s1. The van der Waals surface area contributed by atoms with Crippen LogP contribution in [0.3, 0.4) is 0 Å². The lowest BCUT2D eigenvalue weighted by atomic mass is 10.1. The van der Waals surface area contributed by atoms with E-state index < -0.39 is 12.0 Å². The van der Waals surface area contributed by atoms with E-state index in [1.165, 1.54) is 16.7 Å². The fraction of sp³-hybridized carbons (Fsp3) is 0.500. The van der Waals surface area contributed by atoms with Crippen LogP contribution < -0.4 is 4.90 Å². The van der Waals surface area contributed by atoms with Crippen molar-refractivity contribution in [3.05, 3.63) is 29.8 Å². The van der Waals surface area contributed by atoms with Gasteiger partial charge >= 0.3 is 5.97 Å². The summed E-state index contributed by atoms with van der Waals surface area (Å²) >= 11 is 5.67. The Morgan fingerprint density at radius 2 is 2.00 bits per heavy atom. The summed E-state index contributed by atoms with van der Waals surface area (Å²) in [7, 11) is 3.92. The number of nitrogens with zero attached hydrogens (tertiary/aromatic N) is 2. The van der Waals surface area contributed by atoms with Crippen molar-refractivity contribution in [3.8, 4) is 0 Å². The van der Waals surface area contributed by atoms with Gasteiger partial charge in [-0.2, -0.15) is 12.6 Å². The summed E-state index contributed by atoms with van der Waals surface area (Å²) in [6.45, 7) is 1.78. The van der Waals surface area contributed by atoms with E-state index in [0.29, 0.717) is 11.5 Å². The Morgan fingerprint density at radius 3 is 2.48 bits per heavy atom. The Morgan fingerprint density at radius 1 is 1.39 bits per heavy atom. The van der Waals surface area contributed by atoms with Crippen molar-refractivity contribution in [1.29, 1.82) is 0 Å². The van der Waals surface area contributed by atoms with Crippen LogP contribution in [0.4, 0.5) is 5.69 Å². The predicted molar refractivity (Wildman–Crippen MR) is 97.3 cm³/mol. The molecular weight excluding hydrogens is 332 g/mol. The van der Waals surface area contributed by atoms with Gasteiger partial charge in [0.1, 0.15) is 11.4 Å². The Hall–Kier alpha value is -1.34. The molecule has 1 unspecified atom stereocenters. The second-order valence-electron chi connectivity index (χ2n) is 5.85. The molecule has 0 spiro atoms. The van der Waals surface area contributed by atoms with Crippen LogP contribution in [0.25, 0.3) is 0 Å². The Labute approximate surface area is 146 Å². The topological polar surface area (TPSA) is 60.9 Å². The number of anilines is 1. The summed E-state index contributed by atoms with van der Waals surface area (Å²) in [5, 5.41) is 9.17. The molecular formula is C16H22N2O3S2. The molecule has 1 heterocycles. The van der Waals surface area contributed by atoms with Crippen molar-refractivity contribution in [2.75, 3.05) is 30.5 Å². The van der Waals surface area contributed by atoms with Gasteiger partial charge in [0.2, 0.25) is 5.91 Å². The number of thiol groups is 1. The second-order valence-corrected chi connectivity index (χ2v) is 7.33. The van der Waals surface area contributed by atoms with Crippen LogP contribution in [0.1, 0.15) is 17.9 Å². The summed E-state index contributed by atoms with van der Waals surface area (Å²) in [5.74, 6) is -0.606. The third-order valence-electron chi connectivity index (χ3n) is 3.93. The first kappa shape index (κ1) is 18.0. The van der Waals surface area contributed by atoms with Gasteiger partial charge in [0.25, 0.3) is 0 Å². The van der Waals surface area contributed by atoms with Crippen molar-refractivity contribution in [2.24, 2.45) is 5.92 Å². The third-order valence-corrected chi connectivity index (χ3v) is 5.80. The van der Waals surface area contributed by atoms with Gasteiger partial charge in [-0.3, -0.25) is 4.79 Å². The summed E-state index contributed by atoms with van der Waals surface area (Å²) in [6.07, 6.45) is 0. The molecule has 23 heavy (non-hydrogen) atoms. The molecule has 1 saturated heterocycles. The highest BCUT2D eigenvalue weighted by atomic mass is 32.2. The number of rotatable bonds is 5. The maximum absolute atomic E-state index is 12.6. The van der Waals surface area contributed by atoms with Crippen molar-refractivity contribution >= 4 is 42.0 Å². The van der Waals surface area contributed by atoms with Gasteiger partial charge in [0.05, 0.1) is 0 Å². The Kier molecular flexibility index (Phi) is 5.86. The smallest absolute Gasteiger partial charge is 0.327 e. The number of amides is 1. The van der Waals surface area contributed by atoms with Crippen LogP contribution in [-0.4, -0.2) is 53.5 Å². The number of thioether (sulfide) groups is 1. The minimum Gasteiger partial charge on any atom is -0.480 e. The average Bonchev–Trinajstić information content (AvgIpc) is 2.98. The lowest BCUT2D eigenvalue weighted by Gasteiger charge is -2.30. The molecule has 1 amide bonds. The molecule has 0 bridgehead atoms. The lowest BCUT2D eigenvalue weighted by Crippen LogP contribution is -2.45. The van der Waals surface area contributed by atoms with E-state index in [0.717, 1.165) is 11.3 Å². The molecule has 1 aromatic carbocycles. The molecule has 3 atom stereocenters. The minimum atomic E-state index is -0.954. The molecule has 0 aromatic heterocycles. The van der Waals surface area contributed by atoms with E-state index in [1.54, 1.807) is 6.92 Å². The van der Waals surface area contributed by atoms with E-state index in [4.69, 9.17) is 0 Å². The number of benzene rings is 1. The van der Waals surface area contributed by atoms with Crippen LogP contribution >= 0.6 is 24.4 Å². The van der Waals surface area contributed by atoms with Crippen molar-refractivity contribution in [2.45, 2.75) is 18.3 Å². The first-order chi connectivity index (χ1) is 10.9. The van der Waals surface area contributed by atoms with Gasteiger partial charge < -0.3 is 14.9 Å². The third kappa shape index (κ3) is 3.77. The minimum absolute atomic E-state index is 0.154. The summed E-state index contributed by atoms with van der Waals surface area (Å²) in [4.78, 5) is 27.7. The molecule has 1 fully saturated rings. The molecule has 1 aliphatic rings. The number of carboxylic acid groups (broad SMARTS) is 1. The molecule has 0 saturated carbocycles. The van der Waals surface area contributed by atoms with E-state index in [2.05, 4.69) is 12.6 Å². The molecule has 5 nitrogen and oxygen atoms in total. The first-order valence-electron chi connectivity index (χ1n) is 7.41. The van der Waals surface area contributed by atoms with Gasteiger partial charge in [0, 0.05) is 37.2 Å². The fourth-order valence-electron chi connectivity index (χ4n) is 2.49. The molecule has 126 valence electrons. The molecule has 1 aliphatic heterocycles. The molecule has 0 aliphatic carbocycles. The zero-order valence-corrected chi connectivity index (χ0v) is 15.2. The van der Waals surface area contributed by atoms with E-state index in [1.807, 2.05) is 43.3 Å². The Balaban J connectivity index is 2.31. The monoisotopic (exact) mass is 354 g/mol. The maximum atomic E-state index is 12.6. The number of aliphatic carboxylic acids is 1. The van der Waals surface area contributed by atoms with Crippen molar-refractivity contribution in [3.63, 3.8) is 0 Å². The number of carbonyl (C=O) groups excluding carboxylic acids is 1.